The first-order chi connectivity index (χ1) is 6.15. The smallest absolute Gasteiger partial charge is 0.0839 e. The molecule has 1 rings (SSSR count). The topological polar surface area (TPSA) is 0 Å². The van der Waals surface area contributed by atoms with Crippen molar-refractivity contribution in [3.05, 3.63) is 32.8 Å². The maximum Gasteiger partial charge on any atom is 0.0839 e. The van der Waals surface area contributed by atoms with Gasteiger partial charge in [-0.15, -0.1) is 11.6 Å². The van der Waals surface area contributed by atoms with Crippen LogP contribution in [0.3, 0.4) is 0 Å². The van der Waals surface area contributed by atoms with Gasteiger partial charge in [-0.1, -0.05) is 46.6 Å². The van der Waals surface area contributed by atoms with Crippen molar-refractivity contribution in [1.29, 1.82) is 0 Å². The average molecular weight is 254 g/mol. The Morgan fingerprint density at radius 1 is 1.15 bits per heavy atom. The Labute approximate surface area is 96.7 Å². The summed E-state index contributed by atoms with van der Waals surface area (Å²) in [6.07, 6.45) is 0. The predicted octanol–water partition coefficient (Wildman–Crippen LogP) is 4.24. The molecule has 0 saturated carbocycles. The number of rotatable bonds is 0. The van der Waals surface area contributed by atoms with Gasteiger partial charge in [0, 0.05) is 10.6 Å². The van der Waals surface area contributed by atoms with Gasteiger partial charge in [0.15, 0.2) is 0 Å². The van der Waals surface area contributed by atoms with Crippen LogP contribution in [0.5, 0.6) is 0 Å². The van der Waals surface area contributed by atoms with E-state index in [1.807, 2.05) is 0 Å². The summed E-state index contributed by atoms with van der Waals surface area (Å²) < 4.78 is 0. The van der Waals surface area contributed by atoms with Gasteiger partial charge in [0.2, 0.25) is 0 Å². The van der Waals surface area contributed by atoms with E-state index in [2.05, 4.69) is 11.8 Å². The van der Waals surface area contributed by atoms with E-state index in [4.69, 9.17) is 46.4 Å². The predicted molar refractivity (Wildman–Crippen MR) is 59.1 cm³/mol. The second-order valence-corrected chi connectivity index (χ2v) is 3.67. The van der Waals surface area contributed by atoms with Crippen molar-refractivity contribution in [3.63, 3.8) is 0 Å². The zero-order valence-corrected chi connectivity index (χ0v) is 9.40. The van der Waals surface area contributed by atoms with Crippen LogP contribution in [0, 0.1) is 11.8 Å². The third kappa shape index (κ3) is 2.97. The summed E-state index contributed by atoms with van der Waals surface area (Å²) in [4.78, 5) is 0. The lowest BCUT2D eigenvalue weighted by molar-refractivity contribution is 1.64. The normalized spacial score (nSPS) is 9.23. The molecular formula is C9H4Cl4. The molecule has 0 unspecified atom stereocenters. The van der Waals surface area contributed by atoms with Gasteiger partial charge in [0.1, 0.15) is 0 Å². The molecule has 68 valence electrons. The van der Waals surface area contributed by atoms with Crippen LogP contribution in [0.4, 0.5) is 0 Å². The van der Waals surface area contributed by atoms with Gasteiger partial charge in [0.05, 0.1) is 15.9 Å². The van der Waals surface area contributed by atoms with Crippen LogP contribution >= 0.6 is 46.4 Å². The first-order valence-electron chi connectivity index (χ1n) is 3.34. The molecule has 0 heterocycles. The van der Waals surface area contributed by atoms with Gasteiger partial charge in [0.25, 0.3) is 0 Å². The van der Waals surface area contributed by atoms with E-state index in [0.717, 1.165) is 0 Å². The highest BCUT2D eigenvalue weighted by Gasteiger charge is 2.04. The summed E-state index contributed by atoms with van der Waals surface area (Å²) in [5.41, 5.74) is 0.597. The van der Waals surface area contributed by atoms with E-state index < -0.39 is 0 Å². The maximum atomic E-state index is 5.86. The molecule has 4 heteroatoms. The summed E-state index contributed by atoms with van der Waals surface area (Å²) in [6, 6.07) is 3.21. The Bertz CT molecular complexity index is 373. The van der Waals surface area contributed by atoms with Crippen LogP contribution in [0.2, 0.25) is 15.1 Å². The van der Waals surface area contributed by atoms with E-state index in [-0.39, 0.29) is 5.88 Å². The number of hydrogen-bond acceptors (Lipinski definition) is 0. The molecule has 0 amide bonds. The van der Waals surface area contributed by atoms with Crippen molar-refractivity contribution >= 4 is 46.4 Å². The Kier molecular flexibility index (Phi) is 4.22. The molecule has 0 spiro atoms. The summed E-state index contributed by atoms with van der Waals surface area (Å²) >= 11 is 22.8. The Morgan fingerprint density at radius 2 is 1.85 bits per heavy atom. The van der Waals surface area contributed by atoms with Gasteiger partial charge < -0.3 is 0 Å². The van der Waals surface area contributed by atoms with Crippen molar-refractivity contribution in [2.75, 3.05) is 5.88 Å². The second-order valence-electron chi connectivity index (χ2n) is 2.18. The van der Waals surface area contributed by atoms with Crippen molar-refractivity contribution in [1.82, 2.24) is 0 Å². The van der Waals surface area contributed by atoms with Crippen LogP contribution in [-0.2, 0) is 0 Å². The molecular weight excluding hydrogens is 250 g/mol. The van der Waals surface area contributed by atoms with Gasteiger partial charge in [-0.3, -0.25) is 0 Å². The largest absolute Gasteiger partial charge is 0.113 e. The van der Waals surface area contributed by atoms with Crippen molar-refractivity contribution in [2.24, 2.45) is 0 Å². The minimum atomic E-state index is 0.250. The molecule has 13 heavy (non-hydrogen) atoms. The molecule has 0 aliphatic rings. The molecule has 0 saturated heterocycles. The quantitative estimate of drug-likeness (QED) is 0.369. The fraction of sp³-hybridized carbons (Fsp3) is 0.111. The summed E-state index contributed by atoms with van der Waals surface area (Å²) in [7, 11) is 0. The fourth-order valence-corrected chi connectivity index (χ4v) is 1.49. The highest BCUT2D eigenvalue weighted by Crippen LogP contribution is 2.28. The molecule has 0 atom stereocenters. The van der Waals surface area contributed by atoms with Crippen molar-refractivity contribution < 1.29 is 0 Å². The molecule has 0 aliphatic carbocycles. The number of hydrogen-bond donors (Lipinski definition) is 0. The Morgan fingerprint density at radius 3 is 2.46 bits per heavy atom. The van der Waals surface area contributed by atoms with Gasteiger partial charge in [-0.05, 0) is 12.1 Å². The van der Waals surface area contributed by atoms with Crippen LogP contribution in [0.25, 0.3) is 0 Å². The molecule has 1 aromatic rings. The van der Waals surface area contributed by atoms with Gasteiger partial charge in [-0.25, -0.2) is 0 Å². The zero-order valence-electron chi connectivity index (χ0n) is 6.37. The van der Waals surface area contributed by atoms with E-state index >= 15 is 0 Å². The summed E-state index contributed by atoms with van der Waals surface area (Å²) in [5, 5.41) is 1.31. The third-order valence-electron chi connectivity index (χ3n) is 1.28. The van der Waals surface area contributed by atoms with Crippen LogP contribution in [0.15, 0.2) is 12.1 Å². The standard InChI is InChI=1S/C9H4Cl4/c10-3-1-2-6-4-7(11)5-8(12)9(6)13/h4-5H,3H2. The molecule has 0 fully saturated rings. The molecule has 0 nitrogen and oxygen atoms in total. The third-order valence-corrected chi connectivity index (χ3v) is 2.44. The van der Waals surface area contributed by atoms with E-state index in [9.17, 15) is 0 Å². The van der Waals surface area contributed by atoms with Gasteiger partial charge >= 0.3 is 0 Å². The van der Waals surface area contributed by atoms with Crippen molar-refractivity contribution in [2.45, 2.75) is 0 Å². The Balaban J connectivity index is 3.20. The maximum absolute atomic E-state index is 5.86. The van der Waals surface area contributed by atoms with Crippen molar-refractivity contribution in [3.8, 4) is 11.8 Å². The minimum Gasteiger partial charge on any atom is -0.113 e. The molecule has 0 bridgehead atoms. The molecule has 0 aliphatic heterocycles. The lowest BCUT2D eigenvalue weighted by Gasteiger charge is -1.99. The first-order valence-corrected chi connectivity index (χ1v) is 5.01. The molecule has 0 aromatic heterocycles. The van der Waals surface area contributed by atoms with E-state index in [1.165, 1.54) is 0 Å². The van der Waals surface area contributed by atoms with Crippen LogP contribution < -0.4 is 0 Å². The highest BCUT2D eigenvalue weighted by atomic mass is 35.5. The molecule has 0 N–H and O–H groups in total. The highest BCUT2D eigenvalue weighted by molar-refractivity contribution is 6.43. The lowest BCUT2D eigenvalue weighted by Crippen LogP contribution is -1.79. The van der Waals surface area contributed by atoms with E-state index in [1.54, 1.807) is 12.1 Å². The second kappa shape index (κ2) is 4.98. The summed E-state index contributed by atoms with van der Waals surface area (Å²) in [5.74, 6) is 5.69. The van der Waals surface area contributed by atoms with Crippen LogP contribution in [0.1, 0.15) is 5.56 Å². The lowest BCUT2D eigenvalue weighted by atomic mass is 10.2. The first kappa shape index (κ1) is 11.0. The Hall–Kier alpha value is -0.0600. The van der Waals surface area contributed by atoms with Gasteiger partial charge in [-0.2, -0.15) is 0 Å². The number of halogens is 4. The number of alkyl halides is 1. The fourth-order valence-electron chi connectivity index (χ4n) is 0.776. The molecule has 1 aromatic carbocycles. The number of benzene rings is 1. The average Bonchev–Trinajstić information content (AvgIpc) is 2.09. The minimum absolute atomic E-state index is 0.250. The van der Waals surface area contributed by atoms with E-state index in [0.29, 0.717) is 20.6 Å². The monoisotopic (exact) mass is 252 g/mol. The SMILES string of the molecule is ClCC#Cc1cc(Cl)cc(Cl)c1Cl. The summed E-state index contributed by atoms with van der Waals surface area (Å²) in [6.45, 7) is 0. The van der Waals surface area contributed by atoms with Crippen LogP contribution in [-0.4, -0.2) is 5.88 Å². The molecule has 0 radical (unpaired) electrons. The zero-order chi connectivity index (χ0) is 9.84.